The first-order valence-corrected chi connectivity index (χ1v) is 6.55. The van der Waals surface area contributed by atoms with Gasteiger partial charge in [-0.15, -0.1) is 16.4 Å². The molecule has 3 rings (SSSR count). The molecular formula is C12H10N4O3S. The summed E-state index contributed by atoms with van der Waals surface area (Å²) >= 11 is 1.10. The molecule has 3 heterocycles. The Hall–Kier alpha value is -2.48. The number of ether oxygens (including phenoxy) is 1. The van der Waals surface area contributed by atoms with Gasteiger partial charge in [0, 0.05) is 11.8 Å². The van der Waals surface area contributed by atoms with Crippen LogP contribution >= 0.6 is 11.3 Å². The van der Waals surface area contributed by atoms with Crippen LogP contribution in [0.15, 0.2) is 12.4 Å². The SMILES string of the molecule is Cc1cc(Oc2ncnc3sc(C(=O)O)c(C)c23)n[nH]1. The maximum absolute atomic E-state index is 11.2. The highest BCUT2D eigenvalue weighted by molar-refractivity contribution is 7.20. The number of H-pyrrole nitrogens is 1. The lowest BCUT2D eigenvalue weighted by atomic mass is 10.2. The predicted molar refractivity (Wildman–Crippen MR) is 72.5 cm³/mol. The maximum Gasteiger partial charge on any atom is 0.346 e. The number of aromatic carboxylic acids is 1. The average Bonchev–Trinajstić information content (AvgIpc) is 2.95. The number of thiophene rings is 1. The Bertz CT molecular complexity index is 808. The molecule has 3 aromatic heterocycles. The third kappa shape index (κ3) is 1.99. The monoisotopic (exact) mass is 290 g/mol. The van der Waals surface area contributed by atoms with Gasteiger partial charge in [0.2, 0.25) is 11.8 Å². The van der Waals surface area contributed by atoms with Crippen LogP contribution in [0.1, 0.15) is 20.9 Å². The van der Waals surface area contributed by atoms with Gasteiger partial charge >= 0.3 is 5.97 Å². The van der Waals surface area contributed by atoms with Gasteiger partial charge in [-0.3, -0.25) is 5.10 Å². The first-order valence-electron chi connectivity index (χ1n) is 5.73. The highest BCUT2D eigenvalue weighted by Crippen LogP contribution is 2.35. The molecule has 0 radical (unpaired) electrons. The Kier molecular flexibility index (Phi) is 2.87. The van der Waals surface area contributed by atoms with Crippen molar-refractivity contribution in [3.63, 3.8) is 0 Å². The van der Waals surface area contributed by atoms with Crippen molar-refractivity contribution in [3.05, 3.63) is 28.5 Å². The Labute approximate surface area is 117 Å². The molecule has 102 valence electrons. The van der Waals surface area contributed by atoms with E-state index in [4.69, 9.17) is 9.84 Å². The second kappa shape index (κ2) is 4.57. The molecule has 3 aromatic rings. The molecule has 0 aliphatic rings. The number of nitrogens with zero attached hydrogens (tertiary/aromatic N) is 3. The maximum atomic E-state index is 11.2. The molecule has 0 spiro atoms. The predicted octanol–water partition coefficient (Wildman–Crippen LogP) is 2.52. The van der Waals surface area contributed by atoms with Crippen molar-refractivity contribution in [2.24, 2.45) is 0 Å². The second-order valence-electron chi connectivity index (χ2n) is 4.21. The molecule has 0 aromatic carbocycles. The van der Waals surface area contributed by atoms with Crippen molar-refractivity contribution in [2.45, 2.75) is 13.8 Å². The minimum atomic E-state index is -0.980. The van der Waals surface area contributed by atoms with E-state index in [0.717, 1.165) is 17.0 Å². The zero-order valence-electron chi connectivity index (χ0n) is 10.7. The largest absolute Gasteiger partial charge is 0.477 e. The summed E-state index contributed by atoms with van der Waals surface area (Å²) in [6.45, 7) is 3.57. The summed E-state index contributed by atoms with van der Waals surface area (Å²) in [4.78, 5) is 20.1. The van der Waals surface area contributed by atoms with Crippen LogP contribution in [-0.4, -0.2) is 31.2 Å². The fraction of sp³-hybridized carbons (Fsp3) is 0.167. The minimum Gasteiger partial charge on any atom is -0.477 e. The Morgan fingerprint density at radius 2 is 2.20 bits per heavy atom. The third-order valence-corrected chi connectivity index (χ3v) is 3.96. The second-order valence-corrected chi connectivity index (χ2v) is 5.21. The van der Waals surface area contributed by atoms with Gasteiger partial charge in [-0.2, -0.15) is 0 Å². The molecule has 0 saturated carbocycles. The average molecular weight is 290 g/mol. The number of carbonyl (C=O) groups is 1. The highest BCUT2D eigenvalue weighted by atomic mass is 32.1. The van der Waals surface area contributed by atoms with Gasteiger partial charge in [0.15, 0.2) is 0 Å². The van der Waals surface area contributed by atoms with E-state index in [9.17, 15) is 4.79 Å². The number of fused-ring (bicyclic) bond motifs is 1. The van der Waals surface area contributed by atoms with Crippen molar-refractivity contribution < 1.29 is 14.6 Å². The Morgan fingerprint density at radius 3 is 2.85 bits per heavy atom. The Morgan fingerprint density at radius 1 is 1.40 bits per heavy atom. The van der Waals surface area contributed by atoms with Gasteiger partial charge in [-0.05, 0) is 19.4 Å². The molecule has 0 fully saturated rings. The molecule has 0 aliphatic carbocycles. The van der Waals surface area contributed by atoms with Crippen molar-refractivity contribution in [1.29, 1.82) is 0 Å². The van der Waals surface area contributed by atoms with E-state index in [1.54, 1.807) is 13.0 Å². The van der Waals surface area contributed by atoms with Crippen LogP contribution in [0.3, 0.4) is 0 Å². The topological polar surface area (TPSA) is 101 Å². The third-order valence-electron chi connectivity index (χ3n) is 2.77. The Balaban J connectivity index is 2.13. The van der Waals surface area contributed by atoms with Crippen molar-refractivity contribution in [1.82, 2.24) is 20.2 Å². The lowest BCUT2D eigenvalue weighted by Gasteiger charge is -2.02. The van der Waals surface area contributed by atoms with Gasteiger partial charge in [-0.25, -0.2) is 14.8 Å². The van der Waals surface area contributed by atoms with E-state index in [1.165, 1.54) is 6.33 Å². The normalized spacial score (nSPS) is 10.9. The van der Waals surface area contributed by atoms with Gasteiger partial charge in [-0.1, -0.05) is 0 Å². The highest BCUT2D eigenvalue weighted by Gasteiger charge is 2.20. The molecular weight excluding hydrogens is 280 g/mol. The van der Waals surface area contributed by atoms with Gasteiger partial charge in [0.1, 0.15) is 16.0 Å². The summed E-state index contributed by atoms with van der Waals surface area (Å²) in [5.41, 5.74) is 1.46. The molecule has 0 amide bonds. The number of carboxylic acids is 1. The van der Waals surface area contributed by atoms with Crippen molar-refractivity contribution in [3.8, 4) is 11.8 Å². The summed E-state index contributed by atoms with van der Waals surface area (Å²) in [7, 11) is 0. The van der Waals surface area contributed by atoms with Crippen LogP contribution < -0.4 is 4.74 Å². The van der Waals surface area contributed by atoms with E-state index >= 15 is 0 Å². The summed E-state index contributed by atoms with van der Waals surface area (Å²) in [5, 5.41) is 16.5. The summed E-state index contributed by atoms with van der Waals surface area (Å²) in [6, 6.07) is 1.73. The quantitative estimate of drug-likeness (QED) is 0.768. The fourth-order valence-corrected chi connectivity index (χ4v) is 2.84. The number of rotatable bonds is 3. The number of hydrogen-bond donors (Lipinski definition) is 2. The van der Waals surface area contributed by atoms with Crippen molar-refractivity contribution in [2.75, 3.05) is 0 Å². The van der Waals surface area contributed by atoms with E-state index in [0.29, 0.717) is 27.5 Å². The van der Waals surface area contributed by atoms with E-state index in [1.807, 2.05) is 6.92 Å². The first-order chi connectivity index (χ1) is 9.56. The van der Waals surface area contributed by atoms with Gasteiger partial charge in [0.25, 0.3) is 0 Å². The van der Waals surface area contributed by atoms with Crippen LogP contribution in [0.25, 0.3) is 10.2 Å². The molecule has 0 bridgehead atoms. The van der Waals surface area contributed by atoms with Crippen LogP contribution in [0.2, 0.25) is 0 Å². The molecule has 0 saturated heterocycles. The van der Waals surface area contributed by atoms with Crippen LogP contribution in [0.5, 0.6) is 11.8 Å². The van der Waals surface area contributed by atoms with Crippen molar-refractivity contribution >= 4 is 27.5 Å². The first kappa shape index (κ1) is 12.5. The molecule has 8 heteroatoms. The van der Waals surface area contributed by atoms with E-state index < -0.39 is 5.97 Å². The number of hydrogen-bond acceptors (Lipinski definition) is 6. The van der Waals surface area contributed by atoms with Crippen LogP contribution in [0.4, 0.5) is 0 Å². The molecule has 0 atom stereocenters. The molecule has 0 aliphatic heterocycles. The molecule has 0 unspecified atom stereocenters. The lowest BCUT2D eigenvalue weighted by molar-refractivity contribution is 0.0701. The molecule has 7 nitrogen and oxygen atoms in total. The zero-order valence-corrected chi connectivity index (χ0v) is 11.5. The number of aryl methyl sites for hydroxylation is 2. The number of aromatic amines is 1. The number of carboxylic acid groups (broad SMARTS) is 1. The minimum absolute atomic E-state index is 0.239. The molecule has 2 N–H and O–H groups in total. The number of nitrogens with one attached hydrogen (secondary N) is 1. The van der Waals surface area contributed by atoms with Crippen LogP contribution in [0, 0.1) is 13.8 Å². The lowest BCUT2D eigenvalue weighted by Crippen LogP contribution is -1.95. The fourth-order valence-electron chi connectivity index (χ4n) is 1.87. The smallest absolute Gasteiger partial charge is 0.346 e. The number of aromatic nitrogens is 4. The standard InChI is InChI=1S/C12H10N4O3S/c1-5-3-7(16-15-5)19-10-8-6(2)9(12(17)18)20-11(8)14-4-13-10/h3-4H,1-2H3,(H,15,16)(H,17,18). The summed E-state index contributed by atoms with van der Waals surface area (Å²) < 4.78 is 5.61. The zero-order chi connectivity index (χ0) is 14.3. The summed E-state index contributed by atoms with van der Waals surface area (Å²) in [6.07, 6.45) is 1.35. The van der Waals surface area contributed by atoms with E-state index in [2.05, 4.69) is 20.2 Å². The van der Waals surface area contributed by atoms with Gasteiger partial charge in [0.05, 0.1) is 5.39 Å². The van der Waals surface area contributed by atoms with Gasteiger partial charge < -0.3 is 9.84 Å². The van der Waals surface area contributed by atoms with Crippen LogP contribution in [-0.2, 0) is 0 Å². The molecule has 20 heavy (non-hydrogen) atoms. The van der Waals surface area contributed by atoms with E-state index in [-0.39, 0.29) is 4.88 Å². The summed E-state index contributed by atoms with van der Waals surface area (Å²) in [5.74, 6) is -0.292.